The monoisotopic (exact) mass is 446 g/mol. The highest BCUT2D eigenvalue weighted by molar-refractivity contribution is 7.92. The molecule has 7 nitrogen and oxygen atoms in total. The van der Waals surface area contributed by atoms with Crippen molar-refractivity contribution in [3.63, 3.8) is 0 Å². The lowest BCUT2D eigenvalue weighted by molar-refractivity contribution is -0.242. The maximum Gasteiger partial charge on any atom is 0.426 e. The van der Waals surface area contributed by atoms with Gasteiger partial charge in [0.2, 0.25) is 5.60 Å². The van der Waals surface area contributed by atoms with E-state index in [1.807, 2.05) is 5.32 Å². The smallest absolute Gasteiger partial charge is 0.426 e. The van der Waals surface area contributed by atoms with Crippen molar-refractivity contribution in [2.75, 3.05) is 23.8 Å². The molecule has 1 amide bonds. The SMILES string of the molecule is COc1ccc(N(C)S(=O)(=O)c2ccc(NC(=O)[C@@](C)(O)C(F)(F)F)c(C)c2)cc1. The molecule has 0 aromatic heterocycles. The Labute approximate surface area is 172 Å². The van der Waals surface area contributed by atoms with Gasteiger partial charge in [0.25, 0.3) is 15.9 Å². The third kappa shape index (κ3) is 4.51. The highest BCUT2D eigenvalue weighted by atomic mass is 32.2. The molecule has 2 rings (SSSR count). The van der Waals surface area contributed by atoms with Crippen molar-refractivity contribution in [3.05, 3.63) is 48.0 Å². The summed E-state index contributed by atoms with van der Waals surface area (Å²) in [6, 6.07) is 9.83. The first-order valence-electron chi connectivity index (χ1n) is 8.56. The summed E-state index contributed by atoms with van der Waals surface area (Å²) in [4.78, 5) is 11.7. The topological polar surface area (TPSA) is 95.9 Å². The number of halogens is 3. The second-order valence-corrected chi connectivity index (χ2v) is 8.64. The fourth-order valence-corrected chi connectivity index (χ4v) is 3.68. The maximum absolute atomic E-state index is 12.9. The molecule has 0 unspecified atom stereocenters. The molecule has 0 spiro atoms. The van der Waals surface area contributed by atoms with Gasteiger partial charge in [-0.05, 0) is 61.9 Å². The van der Waals surface area contributed by atoms with E-state index in [2.05, 4.69) is 0 Å². The van der Waals surface area contributed by atoms with E-state index in [1.165, 1.54) is 27.1 Å². The molecule has 0 saturated heterocycles. The number of aryl methyl sites for hydroxylation is 1. The number of hydrogen-bond donors (Lipinski definition) is 2. The average Bonchev–Trinajstić information content (AvgIpc) is 2.67. The Morgan fingerprint density at radius 1 is 1.13 bits per heavy atom. The number of ether oxygens (including phenoxy) is 1. The van der Waals surface area contributed by atoms with E-state index in [4.69, 9.17) is 4.74 Å². The van der Waals surface area contributed by atoms with Crippen LogP contribution in [0.25, 0.3) is 0 Å². The van der Waals surface area contributed by atoms with Crippen LogP contribution in [0.4, 0.5) is 24.5 Å². The molecular weight excluding hydrogens is 425 g/mol. The van der Waals surface area contributed by atoms with Gasteiger partial charge >= 0.3 is 6.18 Å². The summed E-state index contributed by atoms with van der Waals surface area (Å²) in [5, 5.41) is 11.4. The summed E-state index contributed by atoms with van der Waals surface area (Å²) >= 11 is 0. The predicted molar refractivity (Wildman–Crippen MR) is 105 cm³/mol. The molecule has 164 valence electrons. The average molecular weight is 446 g/mol. The van der Waals surface area contributed by atoms with E-state index in [1.54, 1.807) is 24.3 Å². The molecule has 30 heavy (non-hydrogen) atoms. The Morgan fingerprint density at radius 3 is 2.17 bits per heavy atom. The Bertz CT molecular complexity index is 1040. The van der Waals surface area contributed by atoms with Crippen LogP contribution in [-0.2, 0) is 14.8 Å². The number of rotatable bonds is 6. The summed E-state index contributed by atoms with van der Waals surface area (Å²) in [7, 11) is -1.15. The Morgan fingerprint density at radius 2 is 1.70 bits per heavy atom. The maximum atomic E-state index is 12.9. The first kappa shape index (κ1) is 23.5. The first-order chi connectivity index (χ1) is 13.7. The summed E-state index contributed by atoms with van der Waals surface area (Å²) in [6.45, 7) is 1.75. The zero-order valence-corrected chi connectivity index (χ0v) is 17.4. The minimum absolute atomic E-state index is 0.0597. The highest BCUT2D eigenvalue weighted by Gasteiger charge is 2.55. The summed E-state index contributed by atoms with van der Waals surface area (Å²) in [5.74, 6) is -1.13. The van der Waals surface area contributed by atoms with Gasteiger partial charge in [0, 0.05) is 12.7 Å². The number of sulfonamides is 1. The van der Waals surface area contributed by atoms with Gasteiger partial charge in [0.1, 0.15) is 5.75 Å². The van der Waals surface area contributed by atoms with Crippen molar-refractivity contribution in [3.8, 4) is 5.75 Å². The number of amides is 1. The Balaban J connectivity index is 2.29. The summed E-state index contributed by atoms with van der Waals surface area (Å²) in [5.41, 5.74) is -3.09. The molecule has 2 aromatic rings. The van der Waals surface area contributed by atoms with E-state index in [9.17, 15) is 31.5 Å². The van der Waals surface area contributed by atoms with Crippen molar-refractivity contribution in [1.82, 2.24) is 0 Å². The van der Waals surface area contributed by atoms with Crippen molar-refractivity contribution < 1.29 is 36.2 Å². The third-order valence-corrected chi connectivity index (χ3v) is 6.32. The lowest BCUT2D eigenvalue weighted by Gasteiger charge is -2.25. The van der Waals surface area contributed by atoms with Crippen LogP contribution in [0, 0.1) is 6.92 Å². The zero-order valence-electron chi connectivity index (χ0n) is 16.6. The fraction of sp³-hybridized carbons (Fsp3) is 0.316. The van der Waals surface area contributed by atoms with Gasteiger partial charge in [-0.1, -0.05) is 0 Å². The molecule has 0 aliphatic heterocycles. The number of carbonyl (C=O) groups is 1. The zero-order chi connectivity index (χ0) is 22.9. The van der Waals surface area contributed by atoms with Gasteiger partial charge in [0.15, 0.2) is 0 Å². The van der Waals surface area contributed by atoms with Crippen LogP contribution >= 0.6 is 0 Å². The summed E-state index contributed by atoms with van der Waals surface area (Å²) in [6.07, 6.45) is -5.17. The molecule has 0 radical (unpaired) electrons. The standard InChI is InChI=1S/C19H21F3N2O5S/c1-12-11-15(9-10-16(12)23-17(25)18(2,26)19(20,21)22)30(27,28)24(3)13-5-7-14(29-4)8-6-13/h5-11,26H,1-4H3,(H,23,25)/t18-/m1/s1. The lowest BCUT2D eigenvalue weighted by Crippen LogP contribution is -2.52. The van der Waals surface area contributed by atoms with Gasteiger partial charge in [-0.2, -0.15) is 13.2 Å². The predicted octanol–water partition coefficient (Wildman–Crippen LogP) is 3.08. The first-order valence-corrected chi connectivity index (χ1v) is 10.00. The Hall–Kier alpha value is -2.79. The van der Waals surface area contributed by atoms with Gasteiger partial charge in [-0.25, -0.2) is 8.42 Å². The number of nitrogens with one attached hydrogen (secondary N) is 1. The van der Waals surface area contributed by atoms with Crippen LogP contribution < -0.4 is 14.4 Å². The molecule has 0 bridgehead atoms. The number of methoxy groups -OCH3 is 1. The van der Waals surface area contributed by atoms with Crippen LogP contribution in [0.3, 0.4) is 0 Å². The minimum Gasteiger partial charge on any atom is -0.497 e. The van der Waals surface area contributed by atoms with E-state index in [-0.39, 0.29) is 16.1 Å². The number of aliphatic hydroxyl groups is 1. The molecule has 11 heteroatoms. The number of hydrogen-bond acceptors (Lipinski definition) is 5. The summed E-state index contributed by atoms with van der Waals surface area (Å²) < 4.78 is 70.2. The molecular formula is C19H21F3N2O5S. The molecule has 0 heterocycles. The van der Waals surface area contributed by atoms with Crippen LogP contribution in [0.1, 0.15) is 12.5 Å². The van der Waals surface area contributed by atoms with Crippen LogP contribution in [0.5, 0.6) is 5.75 Å². The van der Waals surface area contributed by atoms with Gasteiger partial charge < -0.3 is 15.2 Å². The fourth-order valence-electron chi connectivity index (χ4n) is 2.40. The molecule has 0 saturated carbocycles. The number of nitrogens with zero attached hydrogens (tertiary/aromatic N) is 1. The molecule has 1 atom stereocenters. The van der Waals surface area contributed by atoms with Crippen LogP contribution in [0.15, 0.2) is 47.4 Å². The second kappa shape index (κ2) is 8.15. The van der Waals surface area contributed by atoms with E-state index in [0.717, 1.165) is 16.4 Å². The highest BCUT2D eigenvalue weighted by Crippen LogP contribution is 2.32. The number of anilines is 2. The van der Waals surface area contributed by atoms with E-state index in [0.29, 0.717) is 18.4 Å². The number of alkyl halides is 3. The largest absolute Gasteiger partial charge is 0.497 e. The Kier molecular flexibility index (Phi) is 6.38. The third-order valence-electron chi connectivity index (χ3n) is 4.53. The van der Waals surface area contributed by atoms with Crippen LogP contribution in [0.2, 0.25) is 0 Å². The van der Waals surface area contributed by atoms with Crippen molar-refractivity contribution in [1.29, 1.82) is 0 Å². The molecule has 0 fully saturated rings. The van der Waals surface area contributed by atoms with Gasteiger partial charge in [-0.15, -0.1) is 0 Å². The normalized spacial score (nSPS) is 14.0. The minimum atomic E-state index is -5.17. The molecule has 2 aromatic carbocycles. The van der Waals surface area contributed by atoms with Crippen molar-refractivity contribution in [2.24, 2.45) is 0 Å². The molecule has 2 N–H and O–H groups in total. The van der Waals surface area contributed by atoms with Crippen LogP contribution in [-0.4, -0.2) is 45.4 Å². The second-order valence-electron chi connectivity index (χ2n) is 6.67. The molecule has 0 aliphatic carbocycles. The van der Waals surface area contributed by atoms with Crippen molar-refractivity contribution >= 4 is 27.3 Å². The van der Waals surface area contributed by atoms with Gasteiger partial charge in [-0.3, -0.25) is 9.10 Å². The van der Waals surface area contributed by atoms with Gasteiger partial charge in [0.05, 0.1) is 17.7 Å². The van der Waals surface area contributed by atoms with E-state index >= 15 is 0 Å². The van der Waals surface area contributed by atoms with E-state index < -0.39 is 27.7 Å². The number of carbonyl (C=O) groups excluding carboxylic acids is 1. The molecule has 0 aliphatic rings. The number of benzene rings is 2. The van der Waals surface area contributed by atoms with Crippen molar-refractivity contribution in [2.45, 2.75) is 30.5 Å². The quantitative estimate of drug-likeness (QED) is 0.711. The lowest BCUT2D eigenvalue weighted by atomic mass is 10.1.